The minimum atomic E-state index is -0.0340. The van der Waals surface area contributed by atoms with Gasteiger partial charge in [0.15, 0.2) is 0 Å². The minimum Gasteiger partial charge on any atom is -0.350 e. The van der Waals surface area contributed by atoms with Crippen molar-refractivity contribution in [2.75, 3.05) is 5.32 Å². The Morgan fingerprint density at radius 1 is 1.40 bits per heavy atom. The first-order valence-corrected chi connectivity index (χ1v) is 7.33. The predicted octanol–water partition coefficient (Wildman–Crippen LogP) is 2.88. The topological polar surface area (TPSA) is 58.2 Å². The number of unbranched alkanes of at least 4 members (excludes halogenated alkanes) is 1. The molecule has 0 fully saturated rings. The van der Waals surface area contributed by atoms with Crippen molar-refractivity contribution in [3.8, 4) is 0 Å². The van der Waals surface area contributed by atoms with Gasteiger partial charge in [0, 0.05) is 23.7 Å². The van der Waals surface area contributed by atoms with Gasteiger partial charge in [0.05, 0.1) is 0 Å². The molecule has 0 aromatic heterocycles. The van der Waals surface area contributed by atoms with Crippen LogP contribution in [-0.4, -0.2) is 17.9 Å². The van der Waals surface area contributed by atoms with Gasteiger partial charge in [-0.1, -0.05) is 19.8 Å². The van der Waals surface area contributed by atoms with Crippen LogP contribution in [0.4, 0.5) is 5.69 Å². The van der Waals surface area contributed by atoms with Gasteiger partial charge >= 0.3 is 0 Å². The van der Waals surface area contributed by atoms with Crippen LogP contribution in [0, 0.1) is 0 Å². The van der Waals surface area contributed by atoms with E-state index in [1.807, 2.05) is 19.1 Å². The summed E-state index contributed by atoms with van der Waals surface area (Å²) in [7, 11) is 0. The van der Waals surface area contributed by atoms with Crippen molar-refractivity contribution in [1.82, 2.24) is 5.32 Å². The maximum absolute atomic E-state index is 12.2. The number of benzene rings is 1. The molecule has 2 rings (SSSR count). The molecule has 1 aromatic carbocycles. The maximum atomic E-state index is 12.2. The molecule has 2 amide bonds. The van der Waals surface area contributed by atoms with Gasteiger partial charge in [-0.05, 0) is 43.5 Å². The van der Waals surface area contributed by atoms with E-state index in [-0.39, 0.29) is 17.9 Å². The van der Waals surface area contributed by atoms with Crippen molar-refractivity contribution < 1.29 is 9.59 Å². The van der Waals surface area contributed by atoms with Gasteiger partial charge in [-0.15, -0.1) is 0 Å². The highest BCUT2D eigenvalue weighted by Crippen LogP contribution is 2.23. The summed E-state index contributed by atoms with van der Waals surface area (Å²) in [6.45, 7) is 4.18. The molecule has 4 nitrogen and oxygen atoms in total. The number of carbonyl (C=O) groups is 2. The normalized spacial score (nSPS) is 15.2. The van der Waals surface area contributed by atoms with Crippen LogP contribution >= 0.6 is 0 Å². The predicted molar refractivity (Wildman–Crippen MR) is 79.8 cm³/mol. The van der Waals surface area contributed by atoms with Gasteiger partial charge in [0.1, 0.15) is 0 Å². The summed E-state index contributed by atoms with van der Waals surface area (Å²) in [6, 6.07) is 5.67. The van der Waals surface area contributed by atoms with Crippen LogP contribution in [0.2, 0.25) is 0 Å². The van der Waals surface area contributed by atoms with Gasteiger partial charge in [-0.3, -0.25) is 9.59 Å². The van der Waals surface area contributed by atoms with E-state index in [1.165, 1.54) is 0 Å². The molecule has 0 saturated heterocycles. The third-order valence-corrected chi connectivity index (χ3v) is 3.63. The minimum absolute atomic E-state index is 0.0340. The molecule has 1 aromatic rings. The highest BCUT2D eigenvalue weighted by Gasteiger charge is 2.17. The second-order valence-electron chi connectivity index (χ2n) is 5.44. The first kappa shape index (κ1) is 14.6. The average molecular weight is 274 g/mol. The highest BCUT2D eigenvalue weighted by atomic mass is 16.2. The largest absolute Gasteiger partial charge is 0.350 e. The molecule has 20 heavy (non-hydrogen) atoms. The zero-order chi connectivity index (χ0) is 14.5. The van der Waals surface area contributed by atoms with E-state index < -0.39 is 0 Å². The number of anilines is 1. The highest BCUT2D eigenvalue weighted by molar-refractivity contribution is 5.98. The number of hydrogen-bond donors (Lipinski definition) is 2. The fraction of sp³-hybridized carbons (Fsp3) is 0.500. The van der Waals surface area contributed by atoms with Crippen molar-refractivity contribution in [2.45, 2.75) is 52.0 Å². The molecule has 0 radical (unpaired) electrons. The molecule has 2 N–H and O–H groups in total. The molecule has 1 heterocycles. The third kappa shape index (κ3) is 3.59. The fourth-order valence-electron chi connectivity index (χ4n) is 2.41. The second-order valence-corrected chi connectivity index (χ2v) is 5.44. The van der Waals surface area contributed by atoms with E-state index in [4.69, 9.17) is 0 Å². The molecule has 0 aliphatic carbocycles. The van der Waals surface area contributed by atoms with Crippen LogP contribution in [0.5, 0.6) is 0 Å². The third-order valence-electron chi connectivity index (χ3n) is 3.63. The Hall–Kier alpha value is -1.84. The Morgan fingerprint density at radius 3 is 2.95 bits per heavy atom. The first-order valence-electron chi connectivity index (χ1n) is 7.33. The van der Waals surface area contributed by atoms with E-state index in [0.717, 1.165) is 30.5 Å². The monoisotopic (exact) mass is 274 g/mol. The van der Waals surface area contributed by atoms with E-state index in [9.17, 15) is 9.59 Å². The van der Waals surface area contributed by atoms with Gasteiger partial charge in [0.25, 0.3) is 5.91 Å². The van der Waals surface area contributed by atoms with E-state index in [1.54, 1.807) is 6.07 Å². The fourth-order valence-corrected chi connectivity index (χ4v) is 2.41. The lowest BCUT2D eigenvalue weighted by molar-refractivity contribution is -0.116. The van der Waals surface area contributed by atoms with Crippen molar-refractivity contribution in [2.24, 2.45) is 0 Å². The molecular weight excluding hydrogens is 252 g/mol. The molecule has 0 saturated carbocycles. The summed E-state index contributed by atoms with van der Waals surface area (Å²) in [5, 5.41) is 5.84. The average Bonchev–Trinajstić information content (AvgIpc) is 2.44. The lowest BCUT2D eigenvalue weighted by Gasteiger charge is -2.18. The van der Waals surface area contributed by atoms with Crippen LogP contribution in [0.1, 0.15) is 55.5 Å². The number of aryl methyl sites for hydroxylation is 1. The van der Waals surface area contributed by atoms with Crippen LogP contribution in [0.25, 0.3) is 0 Å². The molecule has 0 bridgehead atoms. The van der Waals surface area contributed by atoms with Crippen molar-refractivity contribution in [1.29, 1.82) is 0 Å². The molecular formula is C16H22N2O2. The van der Waals surface area contributed by atoms with Gasteiger partial charge in [-0.25, -0.2) is 0 Å². The summed E-state index contributed by atoms with van der Waals surface area (Å²) < 4.78 is 0. The quantitative estimate of drug-likeness (QED) is 0.867. The molecule has 1 unspecified atom stereocenters. The zero-order valence-electron chi connectivity index (χ0n) is 12.2. The molecule has 1 aliphatic rings. The molecule has 0 spiro atoms. The first-order chi connectivity index (χ1) is 9.60. The number of fused-ring (bicyclic) bond motifs is 1. The number of carbonyl (C=O) groups excluding carboxylic acids is 2. The zero-order valence-corrected chi connectivity index (χ0v) is 12.2. The van der Waals surface area contributed by atoms with Gasteiger partial charge in [-0.2, -0.15) is 0 Å². The van der Waals surface area contributed by atoms with E-state index in [0.29, 0.717) is 18.4 Å². The van der Waals surface area contributed by atoms with E-state index >= 15 is 0 Å². The van der Waals surface area contributed by atoms with Crippen LogP contribution < -0.4 is 10.6 Å². The number of nitrogens with one attached hydrogen (secondary N) is 2. The smallest absolute Gasteiger partial charge is 0.251 e. The lowest BCUT2D eigenvalue weighted by Crippen LogP contribution is -2.32. The Balaban J connectivity index is 2.02. The summed E-state index contributed by atoms with van der Waals surface area (Å²) in [6.07, 6.45) is 4.46. The number of amides is 2. The van der Waals surface area contributed by atoms with E-state index in [2.05, 4.69) is 17.6 Å². The number of hydrogen-bond acceptors (Lipinski definition) is 2. The summed E-state index contributed by atoms with van der Waals surface area (Å²) in [4.78, 5) is 23.5. The molecule has 1 aliphatic heterocycles. The van der Waals surface area contributed by atoms with Crippen LogP contribution in [0.15, 0.2) is 18.2 Å². The van der Waals surface area contributed by atoms with Gasteiger partial charge < -0.3 is 10.6 Å². The van der Waals surface area contributed by atoms with Crippen molar-refractivity contribution in [3.63, 3.8) is 0 Å². The van der Waals surface area contributed by atoms with Crippen molar-refractivity contribution in [3.05, 3.63) is 29.3 Å². The molecule has 4 heteroatoms. The number of rotatable bonds is 5. The Morgan fingerprint density at radius 2 is 2.20 bits per heavy atom. The lowest BCUT2D eigenvalue weighted by atomic mass is 10.00. The van der Waals surface area contributed by atoms with Gasteiger partial charge in [0.2, 0.25) is 5.91 Å². The SMILES string of the molecule is CCCCC(C)NC(=O)c1ccc2c(c1)CCC(=O)N2. The van der Waals surface area contributed by atoms with Crippen LogP contribution in [0.3, 0.4) is 0 Å². The Kier molecular flexibility index (Phi) is 4.77. The molecule has 1 atom stereocenters. The Labute approximate surface area is 119 Å². The Bertz CT molecular complexity index is 511. The summed E-state index contributed by atoms with van der Waals surface area (Å²) >= 11 is 0. The standard InChI is InChI=1S/C16H22N2O2/c1-3-4-5-11(2)17-16(20)13-6-8-14-12(10-13)7-9-15(19)18-14/h6,8,10-11H,3-5,7,9H2,1-2H3,(H,17,20)(H,18,19). The maximum Gasteiger partial charge on any atom is 0.251 e. The second kappa shape index (κ2) is 6.55. The molecule has 108 valence electrons. The summed E-state index contributed by atoms with van der Waals surface area (Å²) in [5.41, 5.74) is 2.54. The van der Waals surface area contributed by atoms with Crippen LogP contribution in [-0.2, 0) is 11.2 Å². The van der Waals surface area contributed by atoms with Crippen molar-refractivity contribution >= 4 is 17.5 Å². The summed E-state index contributed by atoms with van der Waals surface area (Å²) in [5.74, 6) is 0.0104.